The van der Waals surface area contributed by atoms with Gasteiger partial charge in [0.05, 0.1) is 0 Å². The quantitative estimate of drug-likeness (QED) is 0.468. The van der Waals surface area contributed by atoms with Crippen molar-refractivity contribution in [3.8, 4) is 0 Å². The Morgan fingerprint density at radius 2 is 1.73 bits per heavy atom. The van der Waals surface area contributed by atoms with Gasteiger partial charge in [-0.1, -0.05) is 0 Å². The Hall–Kier alpha value is -0.00506. The Morgan fingerprint density at radius 1 is 1.00 bits per heavy atom. The minimum absolute atomic E-state index is 0.440. The van der Waals surface area contributed by atoms with Gasteiger partial charge in [-0.2, -0.15) is 0 Å². The zero-order valence-corrected chi connectivity index (χ0v) is 6.80. The molecule has 0 spiro atoms. The Bertz CT molecular complexity index is 176. The van der Waals surface area contributed by atoms with Crippen LogP contribution in [0, 0.1) is 23.7 Å². The molecular formula is C9H14BF. The second-order valence-electron chi connectivity index (χ2n) is 4.83. The second kappa shape index (κ2) is 2.02. The van der Waals surface area contributed by atoms with Gasteiger partial charge in [-0.05, 0) is 55.6 Å². The predicted molar refractivity (Wildman–Crippen MR) is 44.3 cm³/mol. The molecule has 4 fully saturated rings. The summed E-state index contributed by atoms with van der Waals surface area (Å²) in [5.74, 6) is 3.54. The maximum Gasteiger partial charge on any atom is 0.348 e. The van der Waals surface area contributed by atoms with Crippen molar-refractivity contribution in [1.82, 2.24) is 0 Å². The van der Waals surface area contributed by atoms with Crippen molar-refractivity contribution in [3.63, 3.8) is 0 Å². The number of hydrogen-bond acceptors (Lipinski definition) is 0. The normalized spacial score (nSPS) is 53.7. The van der Waals surface area contributed by atoms with Gasteiger partial charge in [0.2, 0.25) is 0 Å². The fourth-order valence-corrected chi connectivity index (χ4v) is 3.69. The van der Waals surface area contributed by atoms with Gasteiger partial charge in [0.1, 0.15) is 0 Å². The third kappa shape index (κ3) is 0.815. The van der Waals surface area contributed by atoms with Gasteiger partial charge in [0.15, 0.2) is 0 Å². The molecule has 0 amide bonds. The first-order chi connectivity index (χ1) is 5.33. The van der Waals surface area contributed by atoms with Crippen molar-refractivity contribution in [2.45, 2.75) is 31.9 Å². The summed E-state index contributed by atoms with van der Waals surface area (Å²) in [6, 6.07) is 0. The molecule has 0 nitrogen and oxygen atoms in total. The first-order valence-corrected chi connectivity index (χ1v) is 4.97. The minimum atomic E-state index is -0.440. The maximum atomic E-state index is 13.0. The smallest absolute Gasteiger partial charge is 0.336 e. The van der Waals surface area contributed by atoms with Crippen LogP contribution in [-0.4, -0.2) is 6.99 Å². The molecule has 1 heterocycles. The van der Waals surface area contributed by atoms with Crippen LogP contribution in [0.4, 0.5) is 4.32 Å². The number of hydrogen-bond donors (Lipinski definition) is 0. The molecule has 1 aliphatic heterocycles. The van der Waals surface area contributed by atoms with Gasteiger partial charge in [0, 0.05) is 0 Å². The standard InChI is InChI=1S/C9H14BF/c11-10-4-8-3-6-1-7(2-6)9(8)5-10/h6-9H,1-5H2. The Morgan fingerprint density at radius 3 is 2.45 bits per heavy atom. The third-order valence-electron chi connectivity index (χ3n) is 4.21. The topological polar surface area (TPSA) is 0 Å². The molecule has 2 heteroatoms. The van der Waals surface area contributed by atoms with Gasteiger partial charge in [0.25, 0.3) is 0 Å². The highest BCUT2D eigenvalue weighted by molar-refractivity contribution is 6.52. The predicted octanol–water partition coefficient (Wildman–Crippen LogP) is 2.62. The molecule has 2 atom stereocenters. The molecule has 3 aliphatic carbocycles. The summed E-state index contributed by atoms with van der Waals surface area (Å²) in [5.41, 5.74) is 0. The highest BCUT2D eigenvalue weighted by Crippen LogP contribution is 2.57. The summed E-state index contributed by atoms with van der Waals surface area (Å²) in [4.78, 5) is 0. The molecule has 0 N–H and O–H groups in total. The van der Waals surface area contributed by atoms with E-state index in [4.69, 9.17) is 0 Å². The molecular weight excluding hydrogens is 138 g/mol. The van der Waals surface area contributed by atoms with E-state index in [1.807, 2.05) is 0 Å². The third-order valence-corrected chi connectivity index (χ3v) is 4.21. The lowest BCUT2D eigenvalue weighted by molar-refractivity contribution is 0.0229. The van der Waals surface area contributed by atoms with Crippen LogP contribution in [0.25, 0.3) is 0 Å². The van der Waals surface area contributed by atoms with E-state index in [1.165, 1.54) is 19.3 Å². The molecule has 0 aromatic rings. The average molecular weight is 152 g/mol. The molecule has 60 valence electrons. The Kier molecular flexibility index (Phi) is 1.20. The highest BCUT2D eigenvalue weighted by atomic mass is 19.1. The van der Waals surface area contributed by atoms with E-state index in [0.717, 1.165) is 36.3 Å². The van der Waals surface area contributed by atoms with Gasteiger partial charge >= 0.3 is 6.99 Å². The molecule has 3 saturated carbocycles. The monoisotopic (exact) mass is 152 g/mol. The van der Waals surface area contributed by atoms with Crippen molar-refractivity contribution < 1.29 is 4.32 Å². The Labute approximate surface area is 67.7 Å². The minimum Gasteiger partial charge on any atom is -0.336 e. The summed E-state index contributed by atoms with van der Waals surface area (Å²) < 4.78 is 13.0. The zero-order chi connectivity index (χ0) is 7.42. The molecule has 0 aromatic carbocycles. The molecule has 11 heavy (non-hydrogen) atoms. The van der Waals surface area contributed by atoms with E-state index in [-0.39, 0.29) is 0 Å². The fraction of sp³-hybridized carbons (Fsp3) is 1.00. The lowest BCUT2D eigenvalue weighted by Crippen LogP contribution is -2.39. The lowest BCUT2D eigenvalue weighted by atomic mass is 9.57. The largest absolute Gasteiger partial charge is 0.348 e. The molecule has 1 saturated heterocycles. The molecule has 0 aromatic heterocycles. The second-order valence-corrected chi connectivity index (χ2v) is 4.83. The van der Waals surface area contributed by atoms with Crippen molar-refractivity contribution in [1.29, 1.82) is 0 Å². The molecule has 2 bridgehead atoms. The molecule has 2 unspecified atom stereocenters. The van der Waals surface area contributed by atoms with Crippen LogP contribution in [0.1, 0.15) is 19.3 Å². The van der Waals surface area contributed by atoms with E-state index in [2.05, 4.69) is 0 Å². The SMILES string of the molecule is FB1CC2CC3CC(C3)C2C1. The van der Waals surface area contributed by atoms with Crippen LogP contribution < -0.4 is 0 Å². The first kappa shape index (κ1) is 6.50. The van der Waals surface area contributed by atoms with Crippen LogP contribution in [0.3, 0.4) is 0 Å². The van der Waals surface area contributed by atoms with Crippen LogP contribution in [0.5, 0.6) is 0 Å². The summed E-state index contributed by atoms with van der Waals surface area (Å²) in [6.45, 7) is -0.440. The molecule has 0 radical (unpaired) electrons. The number of rotatable bonds is 0. The first-order valence-electron chi connectivity index (χ1n) is 4.97. The molecule has 4 rings (SSSR count). The van der Waals surface area contributed by atoms with Crippen LogP contribution in [-0.2, 0) is 0 Å². The van der Waals surface area contributed by atoms with Crippen molar-refractivity contribution in [2.24, 2.45) is 23.7 Å². The van der Waals surface area contributed by atoms with Crippen LogP contribution in [0.15, 0.2) is 0 Å². The van der Waals surface area contributed by atoms with E-state index in [0.29, 0.717) is 0 Å². The van der Waals surface area contributed by atoms with Crippen molar-refractivity contribution in [3.05, 3.63) is 0 Å². The van der Waals surface area contributed by atoms with E-state index in [9.17, 15) is 4.32 Å². The van der Waals surface area contributed by atoms with E-state index in [1.54, 1.807) is 0 Å². The van der Waals surface area contributed by atoms with Crippen molar-refractivity contribution in [2.75, 3.05) is 0 Å². The van der Waals surface area contributed by atoms with Gasteiger partial charge < -0.3 is 4.32 Å². The Balaban J connectivity index is 1.81. The molecule has 4 aliphatic rings. The zero-order valence-electron chi connectivity index (χ0n) is 6.80. The van der Waals surface area contributed by atoms with Gasteiger partial charge in [-0.25, -0.2) is 0 Å². The summed E-state index contributed by atoms with van der Waals surface area (Å²) >= 11 is 0. The van der Waals surface area contributed by atoms with Gasteiger partial charge in [-0.3, -0.25) is 0 Å². The summed E-state index contributed by atoms with van der Waals surface area (Å²) in [7, 11) is 0. The number of halogens is 1. The maximum absolute atomic E-state index is 13.0. The van der Waals surface area contributed by atoms with Crippen molar-refractivity contribution >= 4 is 6.99 Å². The average Bonchev–Trinajstić information content (AvgIpc) is 2.23. The van der Waals surface area contributed by atoms with Crippen LogP contribution in [0.2, 0.25) is 12.6 Å². The summed E-state index contributed by atoms with van der Waals surface area (Å²) in [5, 5.41) is 0. The summed E-state index contributed by atoms with van der Waals surface area (Å²) in [6.07, 6.45) is 6.04. The fourth-order valence-electron chi connectivity index (χ4n) is 3.69. The van der Waals surface area contributed by atoms with E-state index < -0.39 is 6.99 Å². The van der Waals surface area contributed by atoms with E-state index >= 15 is 0 Å². The van der Waals surface area contributed by atoms with Gasteiger partial charge in [-0.15, -0.1) is 0 Å². The van der Waals surface area contributed by atoms with Crippen LogP contribution >= 0.6 is 0 Å². The highest BCUT2D eigenvalue weighted by Gasteiger charge is 2.51. The lowest BCUT2D eigenvalue weighted by Gasteiger charge is -2.49.